The molecule has 0 rings (SSSR count). The third-order valence-corrected chi connectivity index (χ3v) is 3.68. The van der Waals surface area contributed by atoms with Gasteiger partial charge < -0.3 is 19.6 Å². The lowest BCUT2D eigenvalue weighted by Crippen LogP contribution is -2.39. The fourth-order valence-corrected chi connectivity index (χ4v) is 2.20. The molecule has 0 atom stereocenters. The second-order valence-electron chi connectivity index (χ2n) is 5.53. The van der Waals surface area contributed by atoms with Gasteiger partial charge in [-0.3, -0.25) is 4.79 Å². The van der Waals surface area contributed by atoms with E-state index in [-0.39, 0.29) is 12.8 Å². The van der Waals surface area contributed by atoms with Crippen LogP contribution in [0.5, 0.6) is 0 Å². The molecule has 136 valence electrons. The summed E-state index contributed by atoms with van der Waals surface area (Å²) in [7, 11) is 0. The number of amidine groups is 1. The molecule has 6 nitrogen and oxygen atoms in total. The highest BCUT2D eigenvalue weighted by Crippen LogP contribution is 2.09. The Bertz CT molecular complexity index is 318. The highest BCUT2D eigenvalue weighted by atomic mass is 16.8. The summed E-state index contributed by atoms with van der Waals surface area (Å²) in [6.07, 6.45) is 9.86. The number of carbonyl (C=O) groups excluding carboxylic acids is 1. The second kappa shape index (κ2) is 15.4. The first kappa shape index (κ1) is 21.5. The van der Waals surface area contributed by atoms with Gasteiger partial charge in [-0.2, -0.15) is 0 Å². The van der Waals surface area contributed by atoms with Gasteiger partial charge in [0, 0.05) is 19.5 Å². The number of nitrogens with zero attached hydrogens (tertiary/aromatic N) is 2. The van der Waals surface area contributed by atoms with Crippen LogP contribution in [0.15, 0.2) is 5.16 Å². The minimum absolute atomic E-state index is 0.303. The molecule has 0 aliphatic rings. The molecule has 0 N–H and O–H groups in total. The summed E-state index contributed by atoms with van der Waals surface area (Å²) in [4.78, 5) is 17.7. The molecule has 0 aliphatic heterocycles. The number of ether oxygens (including phenoxy) is 1. The first-order valence-corrected chi connectivity index (χ1v) is 8.93. The van der Waals surface area contributed by atoms with Crippen LogP contribution in [0.2, 0.25) is 0 Å². The Kier molecular flexibility index (Phi) is 14.5. The van der Waals surface area contributed by atoms with Crippen molar-refractivity contribution in [2.45, 2.75) is 78.6 Å². The van der Waals surface area contributed by atoms with Crippen LogP contribution in [0.3, 0.4) is 0 Å². The van der Waals surface area contributed by atoms with E-state index in [1.807, 2.05) is 13.8 Å². The maximum atomic E-state index is 11.5. The zero-order valence-corrected chi connectivity index (χ0v) is 15.0. The van der Waals surface area contributed by atoms with Gasteiger partial charge in [-0.25, -0.2) is 0 Å². The molecular formula is C17H33N2O4-. The SMILES string of the molecule is CCCCCCCCCCC(=O)OCO/N=C(\[O-])N(CC)CC. The van der Waals surface area contributed by atoms with E-state index in [1.54, 1.807) is 0 Å². The second-order valence-corrected chi connectivity index (χ2v) is 5.53. The highest BCUT2D eigenvalue weighted by Gasteiger charge is 2.03. The van der Waals surface area contributed by atoms with Crippen molar-refractivity contribution in [1.29, 1.82) is 0 Å². The maximum absolute atomic E-state index is 11.5. The minimum Gasteiger partial charge on any atom is -0.844 e. The van der Waals surface area contributed by atoms with E-state index in [0.29, 0.717) is 19.5 Å². The molecule has 0 bridgehead atoms. The molecule has 6 heteroatoms. The molecule has 23 heavy (non-hydrogen) atoms. The van der Waals surface area contributed by atoms with Crippen molar-refractivity contribution in [2.24, 2.45) is 5.16 Å². The first-order chi connectivity index (χ1) is 11.2. The van der Waals surface area contributed by atoms with Crippen molar-refractivity contribution in [3.63, 3.8) is 0 Å². The van der Waals surface area contributed by atoms with Crippen LogP contribution in [0.4, 0.5) is 0 Å². The van der Waals surface area contributed by atoms with Gasteiger partial charge in [0.05, 0.1) is 6.02 Å². The van der Waals surface area contributed by atoms with E-state index < -0.39 is 6.02 Å². The number of esters is 1. The molecular weight excluding hydrogens is 296 g/mol. The van der Waals surface area contributed by atoms with Gasteiger partial charge in [0.2, 0.25) is 0 Å². The Morgan fingerprint density at radius 2 is 1.52 bits per heavy atom. The number of rotatable bonds is 14. The predicted molar refractivity (Wildman–Crippen MR) is 89.6 cm³/mol. The Labute approximate surface area is 140 Å². The quantitative estimate of drug-likeness (QED) is 0.122. The molecule has 0 aromatic rings. The third kappa shape index (κ3) is 12.7. The van der Waals surface area contributed by atoms with E-state index in [9.17, 15) is 9.90 Å². The summed E-state index contributed by atoms with van der Waals surface area (Å²) in [6, 6.07) is -0.450. The molecule has 0 heterocycles. The number of hydrogen-bond donors (Lipinski definition) is 0. The van der Waals surface area contributed by atoms with Crippen LogP contribution in [0.1, 0.15) is 78.6 Å². The molecule has 0 aliphatic carbocycles. The molecule has 0 spiro atoms. The van der Waals surface area contributed by atoms with Gasteiger partial charge in [-0.1, -0.05) is 57.0 Å². The standard InChI is InChI=1S/C17H34N2O4/c1-4-7-8-9-10-11-12-13-14-16(20)22-15-23-18-17(21)19(5-2)6-3/h4-15H2,1-3H3,(H,18,21)/p-1. The van der Waals surface area contributed by atoms with Crippen molar-refractivity contribution in [1.82, 2.24) is 4.90 Å². The lowest BCUT2D eigenvalue weighted by atomic mass is 10.1. The van der Waals surface area contributed by atoms with Crippen molar-refractivity contribution >= 4 is 12.0 Å². The summed E-state index contributed by atoms with van der Waals surface area (Å²) in [5, 5.41) is 14.9. The molecule has 0 aromatic heterocycles. The normalized spacial score (nSPS) is 11.3. The van der Waals surface area contributed by atoms with Crippen molar-refractivity contribution < 1.29 is 19.5 Å². The number of carbonyl (C=O) groups is 1. The topological polar surface area (TPSA) is 74.2 Å². The van der Waals surface area contributed by atoms with E-state index in [1.165, 1.54) is 43.4 Å². The lowest BCUT2D eigenvalue weighted by molar-refractivity contribution is -0.241. The van der Waals surface area contributed by atoms with E-state index in [2.05, 4.69) is 12.1 Å². The molecule has 0 fully saturated rings. The Hall–Kier alpha value is -1.46. The van der Waals surface area contributed by atoms with E-state index in [0.717, 1.165) is 12.8 Å². The van der Waals surface area contributed by atoms with Gasteiger partial charge in [0.1, 0.15) is 0 Å². The third-order valence-electron chi connectivity index (χ3n) is 3.68. The average molecular weight is 329 g/mol. The lowest BCUT2D eigenvalue weighted by Gasteiger charge is -2.25. The number of oxime groups is 1. The largest absolute Gasteiger partial charge is 0.844 e. The highest BCUT2D eigenvalue weighted by molar-refractivity contribution is 5.69. The number of hydrogen-bond acceptors (Lipinski definition) is 5. The van der Waals surface area contributed by atoms with Crippen LogP contribution < -0.4 is 5.11 Å². The van der Waals surface area contributed by atoms with Crippen LogP contribution in [-0.2, 0) is 14.4 Å². The van der Waals surface area contributed by atoms with Crippen molar-refractivity contribution in [2.75, 3.05) is 19.9 Å². The summed E-state index contributed by atoms with van der Waals surface area (Å²) in [5.74, 6) is -0.304. The van der Waals surface area contributed by atoms with Crippen LogP contribution in [0.25, 0.3) is 0 Å². The Morgan fingerprint density at radius 3 is 2.09 bits per heavy atom. The molecule has 0 saturated heterocycles. The molecule has 0 radical (unpaired) electrons. The van der Waals surface area contributed by atoms with Gasteiger partial charge in [-0.15, -0.1) is 0 Å². The van der Waals surface area contributed by atoms with Crippen LogP contribution >= 0.6 is 0 Å². The molecule has 0 saturated carbocycles. The fourth-order valence-electron chi connectivity index (χ4n) is 2.20. The van der Waals surface area contributed by atoms with Crippen LogP contribution in [-0.4, -0.2) is 36.8 Å². The zero-order valence-electron chi connectivity index (χ0n) is 15.0. The summed E-state index contributed by atoms with van der Waals surface area (Å²) >= 11 is 0. The van der Waals surface area contributed by atoms with Crippen LogP contribution in [0, 0.1) is 0 Å². The first-order valence-electron chi connectivity index (χ1n) is 8.93. The smallest absolute Gasteiger partial charge is 0.308 e. The van der Waals surface area contributed by atoms with Crippen molar-refractivity contribution in [3.05, 3.63) is 0 Å². The van der Waals surface area contributed by atoms with Gasteiger partial charge in [0.25, 0.3) is 6.79 Å². The Balaban J connectivity index is 3.52. The van der Waals surface area contributed by atoms with E-state index in [4.69, 9.17) is 9.57 Å². The van der Waals surface area contributed by atoms with E-state index >= 15 is 0 Å². The van der Waals surface area contributed by atoms with Gasteiger partial charge in [0.15, 0.2) is 0 Å². The minimum atomic E-state index is -0.450. The number of unbranched alkanes of at least 4 members (excludes halogenated alkanes) is 7. The van der Waals surface area contributed by atoms with Gasteiger partial charge in [-0.05, 0) is 20.3 Å². The summed E-state index contributed by atoms with van der Waals surface area (Å²) in [5.41, 5.74) is 0. The average Bonchev–Trinajstić information content (AvgIpc) is 2.55. The molecule has 0 unspecified atom stereocenters. The predicted octanol–water partition coefficient (Wildman–Crippen LogP) is 3.01. The van der Waals surface area contributed by atoms with Crippen molar-refractivity contribution in [3.8, 4) is 0 Å². The van der Waals surface area contributed by atoms with Gasteiger partial charge >= 0.3 is 5.97 Å². The zero-order chi connectivity index (χ0) is 17.3. The molecule has 0 aromatic carbocycles. The summed E-state index contributed by atoms with van der Waals surface area (Å²) in [6.45, 7) is 6.77. The monoisotopic (exact) mass is 329 g/mol. The fraction of sp³-hybridized carbons (Fsp3) is 0.882. The maximum Gasteiger partial charge on any atom is 0.308 e. The molecule has 0 amide bonds. The summed E-state index contributed by atoms with van der Waals surface area (Å²) < 4.78 is 4.87. The Morgan fingerprint density at radius 1 is 0.957 bits per heavy atom.